The van der Waals surface area contributed by atoms with Gasteiger partial charge in [0.25, 0.3) is 0 Å². The van der Waals surface area contributed by atoms with E-state index in [2.05, 4.69) is 15.9 Å². The van der Waals surface area contributed by atoms with Gasteiger partial charge < -0.3 is 4.90 Å². The molecule has 0 aliphatic heterocycles. The fraction of sp³-hybridized carbons (Fsp3) is 0. The standard InChI is InChI=1S/C32H22BrN/c33-28-17-12-24(13-18-28)25-14-19-29(20-15-25)34(30-21-16-23-6-1-2-8-27(23)22-30)32-11-5-9-26-7-3-4-10-31(26)32/h1-22H/i1D,2D,6D,8D,16D,21D,22D. The Morgan fingerprint density at radius 1 is 0.559 bits per heavy atom. The van der Waals surface area contributed by atoms with Crippen LogP contribution in [0.2, 0.25) is 0 Å². The summed E-state index contributed by atoms with van der Waals surface area (Å²) in [4.78, 5) is 1.75. The molecule has 6 aromatic carbocycles. The van der Waals surface area contributed by atoms with Gasteiger partial charge in [-0.3, -0.25) is 0 Å². The highest BCUT2D eigenvalue weighted by molar-refractivity contribution is 9.10. The predicted octanol–water partition coefficient (Wildman–Crippen LogP) is 9.89. The molecular weight excluding hydrogens is 478 g/mol. The van der Waals surface area contributed by atoms with Crippen molar-refractivity contribution in [3.05, 3.63) is 138 Å². The molecule has 0 unspecified atom stereocenters. The summed E-state index contributed by atoms with van der Waals surface area (Å²) in [7, 11) is 0. The molecule has 0 heterocycles. The molecule has 34 heavy (non-hydrogen) atoms. The van der Waals surface area contributed by atoms with Crippen LogP contribution < -0.4 is 4.90 Å². The van der Waals surface area contributed by atoms with Crippen LogP contribution in [0.1, 0.15) is 9.60 Å². The summed E-state index contributed by atoms with van der Waals surface area (Å²) in [6.07, 6.45) is 0. The molecule has 0 spiro atoms. The first-order chi connectivity index (χ1) is 19.7. The van der Waals surface area contributed by atoms with E-state index in [1.165, 1.54) is 0 Å². The topological polar surface area (TPSA) is 3.24 Å². The average molecular weight is 507 g/mol. The van der Waals surface area contributed by atoms with E-state index in [0.717, 1.165) is 26.4 Å². The van der Waals surface area contributed by atoms with Crippen molar-refractivity contribution in [3.8, 4) is 11.1 Å². The van der Waals surface area contributed by atoms with Crippen molar-refractivity contribution in [2.24, 2.45) is 0 Å². The van der Waals surface area contributed by atoms with Crippen LogP contribution >= 0.6 is 15.9 Å². The maximum atomic E-state index is 9.22. The third-order valence-corrected chi connectivity index (χ3v) is 6.30. The van der Waals surface area contributed by atoms with Gasteiger partial charge >= 0.3 is 0 Å². The molecule has 0 amide bonds. The Morgan fingerprint density at radius 3 is 2.03 bits per heavy atom. The summed E-state index contributed by atoms with van der Waals surface area (Å²) in [6, 6.07) is 26.5. The zero-order valence-electron chi connectivity index (χ0n) is 25.0. The van der Waals surface area contributed by atoms with Crippen LogP contribution in [0.15, 0.2) is 138 Å². The van der Waals surface area contributed by atoms with E-state index in [4.69, 9.17) is 8.22 Å². The lowest BCUT2D eigenvalue weighted by Gasteiger charge is -2.27. The summed E-state index contributed by atoms with van der Waals surface area (Å²) in [6.45, 7) is 0. The number of halogens is 1. The number of hydrogen-bond acceptors (Lipinski definition) is 1. The molecule has 0 bridgehead atoms. The molecule has 2 heteroatoms. The van der Waals surface area contributed by atoms with Crippen LogP contribution in [0, 0.1) is 0 Å². The molecule has 6 aromatic rings. The Morgan fingerprint density at radius 2 is 1.24 bits per heavy atom. The quantitative estimate of drug-likeness (QED) is 0.230. The minimum Gasteiger partial charge on any atom is -0.310 e. The van der Waals surface area contributed by atoms with E-state index in [0.29, 0.717) is 11.4 Å². The number of rotatable bonds is 4. The van der Waals surface area contributed by atoms with Crippen molar-refractivity contribution >= 4 is 54.5 Å². The number of hydrogen-bond donors (Lipinski definition) is 0. The molecule has 0 radical (unpaired) electrons. The smallest absolute Gasteiger partial charge is 0.0651 e. The molecule has 0 fully saturated rings. The second-order valence-corrected chi connectivity index (χ2v) is 8.78. The average Bonchev–Trinajstić information content (AvgIpc) is 2.99. The van der Waals surface area contributed by atoms with Crippen molar-refractivity contribution in [1.29, 1.82) is 0 Å². The molecule has 0 aliphatic rings. The summed E-state index contributed by atoms with van der Waals surface area (Å²) in [5, 5.41) is 1.61. The van der Waals surface area contributed by atoms with Gasteiger partial charge in [0.05, 0.1) is 15.3 Å². The first-order valence-electron chi connectivity index (χ1n) is 14.3. The van der Waals surface area contributed by atoms with Gasteiger partial charge in [0.2, 0.25) is 0 Å². The molecule has 0 aromatic heterocycles. The Labute approximate surface area is 217 Å². The van der Waals surface area contributed by atoms with E-state index in [9.17, 15) is 1.37 Å². The maximum absolute atomic E-state index is 9.22. The lowest BCUT2D eigenvalue weighted by atomic mass is 10.0. The van der Waals surface area contributed by atoms with Gasteiger partial charge in [0.1, 0.15) is 0 Å². The fourth-order valence-corrected chi connectivity index (χ4v) is 4.38. The second kappa shape index (κ2) is 8.81. The summed E-state index contributed by atoms with van der Waals surface area (Å²) in [5.74, 6) is 0. The molecule has 0 N–H and O–H groups in total. The van der Waals surface area contributed by atoms with Gasteiger partial charge in [-0.15, -0.1) is 0 Å². The number of nitrogens with zero attached hydrogens (tertiary/aromatic N) is 1. The van der Waals surface area contributed by atoms with Gasteiger partial charge in [0, 0.05) is 21.2 Å². The summed E-state index contributed by atoms with van der Waals surface area (Å²) < 4.78 is 61.3. The van der Waals surface area contributed by atoms with E-state index < -0.39 is 24.2 Å². The van der Waals surface area contributed by atoms with E-state index in [1.54, 1.807) is 4.90 Å². The molecule has 6 rings (SSSR count). The van der Waals surface area contributed by atoms with Crippen LogP contribution in [0.3, 0.4) is 0 Å². The molecule has 0 atom stereocenters. The third kappa shape index (κ3) is 3.87. The Kier molecular flexibility index (Phi) is 3.73. The van der Waals surface area contributed by atoms with Crippen molar-refractivity contribution in [3.63, 3.8) is 0 Å². The Hall–Kier alpha value is -3.88. The van der Waals surface area contributed by atoms with Crippen LogP contribution in [0.5, 0.6) is 0 Å². The van der Waals surface area contributed by atoms with E-state index in [1.807, 2.05) is 91.0 Å². The highest BCUT2D eigenvalue weighted by Gasteiger charge is 2.15. The van der Waals surface area contributed by atoms with Gasteiger partial charge in [-0.05, 0) is 69.7 Å². The SMILES string of the molecule is [2H]c1c([2H])c([2H])c2c([2H])c(N(c3ccc(-c4ccc(Br)cc4)cc3)c3cccc4ccccc34)c([2H])c([2H])c2c1[2H]. The van der Waals surface area contributed by atoms with E-state index >= 15 is 0 Å². The van der Waals surface area contributed by atoms with Crippen LogP contribution in [-0.4, -0.2) is 0 Å². The van der Waals surface area contributed by atoms with Crippen molar-refractivity contribution in [2.75, 3.05) is 4.90 Å². The monoisotopic (exact) mass is 506 g/mol. The predicted molar refractivity (Wildman–Crippen MR) is 149 cm³/mol. The molecule has 0 saturated carbocycles. The van der Waals surface area contributed by atoms with Gasteiger partial charge in [-0.25, -0.2) is 0 Å². The van der Waals surface area contributed by atoms with Crippen molar-refractivity contribution in [1.82, 2.24) is 0 Å². The van der Waals surface area contributed by atoms with Crippen LogP contribution in [-0.2, 0) is 0 Å². The van der Waals surface area contributed by atoms with Gasteiger partial charge in [0.15, 0.2) is 0 Å². The van der Waals surface area contributed by atoms with Crippen molar-refractivity contribution < 1.29 is 9.60 Å². The number of anilines is 3. The molecule has 1 nitrogen and oxygen atoms in total. The first kappa shape index (κ1) is 14.4. The van der Waals surface area contributed by atoms with Gasteiger partial charge in [-0.2, -0.15) is 0 Å². The summed E-state index contributed by atoms with van der Waals surface area (Å²) in [5.41, 5.74) is 3.39. The first-order valence-corrected chi connectivity index (χ1v) is 11.6. The number of benzene rings is 6. The third-order valence-electron chi connectivity index (χ3n) is 5.77. The zero-order chi connectivity index (χ0) is 29.0. The molecular formula is C32H22BrN. The van der Waals surface area contributed by atoms with Gasteiger partial charge in [-0.1, -0.05) is 107 Å². The summed E-state index contributed by atoms with van der Waals surface area (Å²) >= 11 is 3.47. The van der Waals surface area contributed by atoms with Crippen molar-refractivity contribution in [2.45, 2.75) is 0 Å². The lowest BCUT2D eigenvalue weighted by Crippen LogP contribution is -2.10. The fourth-order valence-electron chi connectivity index (χ4n) is 4.12. The van der Waals surface area contributed by atoms with E-state index in [-0.39, 0.29) is 34.6 Å². The van der Waals surface area contributed by atoms with Crippen LogP contribution in [0.25, 0.3) is 32.7 Å². The minimum absolute atomic E-state index is 0.0697. The molecule has 162 valence electrons. The molecule has 0 aliphatic carbocycles. The highest BCUT2D eigenvalue weighted by atomic mass is 79.9. The largest absolute Gasteiger partial charge is 0.310 e. The maximum Gasteiger partial charge on any atom is 0.0651 e. The normalized spacial score (nSPS) is 14.0. The van der Waals surface area contributed by atoms with Crippen LogP contribution in [0.4, 0.5) is 17.1 Å². The number of fused-ring (bicyclic) bond motifs is 2. The highest BCUT2D eigenvalue weighted by Crippen LogP contribution is 2.40. The Balaban J connectivity index is 1.67. The second-order valence-electron chi connectivity index (χ2n) is 7.86. The Bertz CT molecular complexity index is 1970. The molecule has 0 saturated heterocycles. The lowest BCUT2D eigenvalue weighted by molar-refractivity contribution is 1.30. The zero-order valence-corrected chi connectivity index (χ0v) is 19.6. The minimum atomic E-state index is -0.489.